The molecule has 1 saturated heterocycles. The number of ether oxygens (including phenoxy) is 1. The smallest absolute Gasteiger partial charge is 0.0704 e. The first-order valence-electron chi connectivity index (χ1n) is 9.34. The molecule has 1 N–H and O–H groups in total. The second-order valence-corrected chi connectivity index (χ2v) is 7.02. The Morgan fingerprint density at radius 2 is 2.29 bits per heavy atom. The van der Waals surface area contributed by atoms with Crippen molar-refractivity contribution in [3.8, 4) is 0 Å². The molecule has 1 unspecified atom stereocenters. The van der Waals surface area contributed by atoms with Gasteiger partial charge in [-0.05, 0) is 80.7 Å². The molecule has 1 aliphatic heterocycles. The second kappa shape index (κ2) is 8.59. The molecule has 2 aliphatic rings. The quantitative estimate of drug-likeness (QED) is 0.787. The first-order valence-corrected chi connectivity index (χ1v) is 9.34. The minimum Gasteiger partial charge on any atom is -0.385 e. The average Bonchev–Trinajstić information content (AvgIpc) is 2.63. The first kappa shape index (κ1) is 17.4. The maximum absolute atomic E-state index is 5.21. The van der Waals surface area contributed by atoms with Gasteiger partial charge in [0.2, 0.25) is 0 Å². The highest BCUT2D eigenvalue weighted by molar-refractivity contribution is 5.76. The summed E-state index contributed by atoms with van der Waals surface area (Å²) >= 11 is 0. The predicted molar refractivity (Wildman–Crippen MR) is 100 cm³/mol. The lowest BCUT2D eigenvalue weighted by atomic mass is 9.88. The molecule has 1 fully saturated rings. The predicted octanol–water partition coefficient (Wildman–Crippen LogP) is 4.39. The summed E-state index contributed by atoms with van der Waals surface area (Å²) in [5, 5.41) is 3.51. The van der Waals surface area contributed by atoms with Gasteiger partial charge in [0.05, 0.1) is 5.69 Å². The Kier molecular flexibility index (Phi) is 6.22. The van der Waals surface area contributed by atoms with Crippen molar-refractivity contribution in [3.63, 3.8) is 0 Å². The number of allylic oxidation sites excluding steroid dienone is 4. The lowest BCUT2D eigenvalue weighted by Gasteiger charge is -2.25. The van der Waals surface area contributed by atoms with Gasteiger partial charge >= 0.3 is 0 Å². The van der Waals surface area contributed by atoms with E-state index in [4.69, 9.17) is 9.72 Å². The molecule has 0 spiro atoms. The van der Waals surface area contributed by atoms with Crippen LogP contribution in [0.2, 0.25) is 0 Å². The van der Waals surface area contributed by atoms with Crippen molar-refractivity contribution in [3.05, 3.63) is 46.8 Å². The first-order chi connectivity index (χ1) is 11.8. The Bertz CT molecular complexity index is 612. The fraction of sp³-hybridized carbons (Fsp3) is 0.571. The van der Waals surface area contributed by atoms with Crippen LogP contribution < -0.4 is 5.32 Å². The molecule has 1 aromatic rings. The Morgan fingerprint density at radius 3 is 3.04 bits per heavy atom. The number of hydrogen-bond acceptors (Lipinski definition) is 3. The minimum atomic E-state index is 0.623. The lowest BCUT2D eigenvalue weighted by Crippen LogP contribution is -2.28. The number of methoxy groups -OCH3 is 1. The number of nitrogens with zero attached hydrogens (tertiary/aromatic N) is 1. The zero-order chi connectivity index (χ0) is 16.8. The van der Waals surface area contributed by atoms with Gasteiger partial charge in [0.15, 0.2) is 0 Å². The SMILES string of the molecule is COCCCC1=C(c2cc(C)c(C3CCCNC3)cn2)C=CCC1. The van der Waals surface area contributed by atoms with Crippen LogP contribution in [0.15, 0.2) is 30.0 Å². The number of nitrogens with one attached hydrogen (secondary N) is 1. The molecule has 0 amide bonds. The largest absolute Gasteiger partial charge is 0.385 e. The third kappa shape index (κ3) is 4.14. The van der Waals surface area contributed by atoms with Crippen LogP contribution in [0, 0.1) is 6.92 Å². The molecule has 24 heavy (non-hydrogen) atoms. The van der Waals surface area contributed by atoms with Gasteiger partial charge in [-0.25, -0.2) is 0 Å². The summed E-state index contributed by atoms with van der Waals surface area (Å²) in [6.45, 7) is 5.32. The lowest BCUT2D eigenvalue weighted by molar-refractivity contribution is 0.195. The van der Waals surface area contributed by atoms with Crippen molar-refractivity contribution in [2.24, 2.45) is 0 Å². The van der Waals surface area contributed by atoms with Crippen molar-refractivity contribution >= 4 is 5.57 Å². The van der Waals surface area contributed by atoms with E-state index < -0.39 is 0 Å². The van der Waals surface area contributed by atoms with Gasteiger partial charge in [0.1, 0.15) is 0 Å². The summed E-state index contributed by atoms with van der Waals surface area (Å²) < 4.78 is 5.21. The fourth-order valence-electron chi connectivity index (χ4n) is 3.93. The van der Waals surface area contributed by atoms with Crippen molar-refractivity contribution < 1.29 is 4.74 Å². The summed E-state index contributed by atoms with van der Waals surface area (Å²) in [6.07, 6.45) is 13.7. The maximum atomic E-state index is 5.21. The summed E-state index contributed by atoms with van der Waals surface area (Å²) in [7, 11) is 1.78. The molecule has 0 radical (unpaired) electrons. The molecule has 1 aliphatic carbocycles. The molecule has 1 atom stereocenters. The van der Waals surface area contributed by atoms with Crippen LogP contribution >= 0.6 is 0 Å². The minimum absolute atomic E-state index is 0.623. The van der Waals surface area contributed by atoms with Crippen LogP contribution in [0.4, 0.5) is 0 Å². The summed E-state index contributed by atoms with van der Waals surface area (Å²) in [6, 6.07) is 2.30. The average molecular weight is 326 g/mol. The van der Waals surface area contributed by atoms with E-state index in [1.165, 1.54) is 35.1 Å². The fourth-order valence-corrected chi connectivity index (χ4v) is 3.93. The standard InChI is InChI=1S/C21H30N2O/c1-16-13-21(23-15-20(16)18-8-5-11-22-14-18)19-10-4-3-7-17(19)9-6-12-24-2/h4,10,13,15,18,22H,3,5-9,11-12,14H2,1-2H3. The number of pyridine rings is 1. The number of piperidine rings is 1. The molecule has 0 aromatic carbocycles. The van der Waals surface area contributed by atoms with Crippen LogP contribution in [0.25, 0.3) is 5.57 Å². The van der Waals surface area contributed by atoms with E-state index in [0.717, 1.165) is 51.1 Å². The van der Waals surface area contributed by atoms with E-state index in [2.05, 4.69) is 36.7 Å². The van der Waals surface area contributed by atoms with Crippen LogP contribution in [-0.2, 0) is 4.74 Å². The van der Waals surface area contributed by atoms with E-state index in [1.807, 2.05) is 0 Å². The molecular formula is C21H30N2O. The molecule has 3 rings (SSSR count). The van der Waals surface area contributed by atoms with Crippen LogP contribution in [-0.4, -0.2) is 31.8 Å². The van der Waals surface area contributed by atoms with Gasteiger partial charge in [-0.1, -0.05) is 17.7 Å². The van der Waals surface area contributed by atoms with E-state index in [0.29, 0.717) is 5.92 Å². The number of aromatic nitrogens is 1. The summed E-state index contributed by atoms with van der Waals surface area (Å²) in [5.41, 5.74) is 6.83. The summed E-state index contributed by atoms with van der Waals surface area (Å²) in [4.78, 5) is 4.85. The van der Waals surface area contributed by atoms with Gasteiger partial charge in [0.25, 0.3) is 0 Å². The van der Waals surface area contributed by atoms with Crippen molar-refractivity contribution in [2.75, 3.05) is 26.8 Å². The third-order valence-corrected chi connectivity index (χ3v) is 5.27. The van der Waals surface area contributed by atoms with Gasteiger partial charge < -0.3 is 10.1 Å². The zero-order valence-corrected chi connectivity index (χ0v) is 15.1. The molecule has 3 nitrogen and oxygen atoms in total. The van der Waals surface area contributed by atoms with Crippen LogP contribution in [0.5, 0.6) is 0 Å². The Labute approximate surface area is 146 Å². The molecule has 2 heterocycles. The second-order valence-electron chi connectivity index (χ2n) is 7.02. The van der Waals surface area contributed by atoms with E-state index >= 15 is 0 Å². The molecule has 0 bridgehead atoms. The Morgan fingerprint density at radius 1 is 1.38 bits per heavy atom. The Balaban J connectivity index is 1.82. The van der Waals surface area contributed by atoms with Crippen molar-refractivity contribution in [1.29, 1.82) is 0 Å². The zero-order valence-electron chi connectivity index (χ0n) is 15.1. The highest BCUT2D eigenvalue weighted by Crippen LogP contribution is 2.32. The molecule has 0 saturated carbocycles. The van der Waals surface area contributed by atoms with Crippen molar-refractivity contribution in [1.82, 2.24) is 10.3 Å². The van der Waals surface area contributed by atoms with Crippen LogP contribution in [0.3, 0.4) is 0 Å². The molecular weight excluding hydrogens is 296 g/mol. The monoisotopic (exact) mass is 326 g/mol. The van der Waals surface area contributed by atoms with Crippen LogP contribution in [0.1, 0.15) is 61.3 Å². The van der Waals surface area contributed by atoms with Crippen molar-refractivity contribution in [2.45, 2.75) is 51.4 Å². The van der Waals surface area contributed by atoms with Gasteiger partial charge in [-0.3, -0.25) is 4.98 Å². The van der Waals surface area contributed by atoms with E-state index in [-0.39, 0.29) is 0 Å². The van der Waals surface area contributed by atoms with Gasteiger partial charge in [-0.15, -0.1) is 0 Å². The maximum Gasteiger partial charge on any atom is 0.0704 e. The third-order valence-electron chi connectivity index (χ3n) is 5.27. The van der Waals surface area contributed by atoms with E-state index in [1.54, 1.807) is 7.11 Å². The highest BCUT2D eigenvalue weighted by Gasteiger charge is 2.19. The summed E-state index contributed by atoms with van der Waals surface area (Å²) in [5.74, 6) is 0.623. The number of aryl methyl sites for hydroxylation is 1. The van der Waals surface area contributed by atoms with E-state index in [9.17, 15) is 0 Å². The number of hydrogen-bond donors (Lipinski definition) is 1. The van der Waals surface area contributed by atoms with Gasteiger partial charge in [0, 0.05) is 26.5 Å². The Hall–Kier alpha value is -1.45. The normalized spacial score (nSPS) is 21.3. The van der Waals surface area contributed by atoms with Gasteiger partial charge in [-0.2, -0.15) is 0 Å². The molecule has 1 aromatic heterocycles. The molecule has 130 valence electrons. The number of rotatable bonds is 6. The topological polar surface area (TPSA) is 34.1 Å². The highest BCUT2D eigenvalue weighted by atomic mass is 16.5. The molecule has 3 heteroatoms.